The van der Waals surface area contributed by atoms with Gasteiger partial charge in [0, 0.05) is 49.2 Å². The van der Waals surface area contributed by atoms with Gasteiger partial charge in [0.15, 0.2) is 0 Å². The lowest BCUT2D eigenvalue weighted by atomic mass is 9.95. The van der Waals surface area contributed by atoms with E-state index in [1.54, 1.807) is 6.20 Å². The van der Waals surface area contributed by atoms with Crippen molar-refractivity contribution in [2.45, 2.75) is 12.0 Å². The van der Waals surface area contributed by atoms with Gasteiger partial charge in [-0.25, -0.2) is 15.0 Å². The zero-order chi connectivity index (χ0) is 19.1. The lowest BCUT2D eigenvalue weighted by Crippen LogP contribution is -2.28. The average molecular weight is 371 g/mol. The largest absolute Gasteiger partial charge is 0.369 e. The van der Waals surface area contributed by atoms with Crippen molar-refractivity contribution in [1.29, 1.82) is 0 Å². The van der Waals surface area contributed by atoms with Crippen LogP contribution in [0.2, 0.25) is 0 Å². The summed E-state index contributed by atoms with van der Waals surface area (Å²) >= 11 is 0. The normalized spacial score (nSPS) is 19.4. The Morgan fingerprint density at radius 2 is 1.82 bits per heavy atom. The van der Waals surface area contributed by atoms with E-state index in [2.05, 4.69) is 49.1 Å². The van der Waals surface area contributed by atoms with Gasteiger partial charge in [-0.2, -0.15) is 0 Å². The minimum atomic E-state index is 0.0719. The molecule has 1 fully saturated rings. The maximum absolute atomic E-state index is 6.52. The fraction of sp³-hybridized carbons (Fsp3) is 0.190. The van der Waals surface area contributed by atoms with Crippen molar-refractivity contribution >= 4 is 22.7 Å². The van der Waals surface area contributed by atoms with E-state index in [4.69, 9.17) is 11.5 Å². The molecule has 7 nitrogen and oxygen atoms in total. The number of nitrogen functional groups attached to an aromatic ring is 1. The van der Waals surface area contributed by atoms with Crippen LogP contribution in [0, 0.1) is 0 Å². The van der Waals surface area contributed by atoms with Crippen LogP contribution in [0.3, 0.4) is 0 Å². The van der Waals surface area contributed by atoms with E-state index in [1.165, 1.54) is 5.56 Å². The molecule has 0 bridgehead atoms. The molecule has 0 spiro atoms. The van der Waals surface area contributed by atoms with Gasteiger partial charge in [-0.3, -0.25) is 0 Å². The van der Waals surface area contributed by atoms with Crippen molar-refractivity contribution in [2.75, 3.05) is 23.7 Å². The minimum Gasteiger partial charge on any atom is -0.369 e. The Balaban J connectivity index is 1.57. The molecular formula is C21H21N7. The molecule has 0 aliphatic carbocycles. The van der Waals surface area contributed by atoms with Gasteiger partial charge in [0.1, 0.15) is 5.65 Å². The number of nitrogens with one attached hydrogen (secondary N) is 1. The van der Waals surface area contributed by atoms with Gasteiger partial charge in [-0.05, 0) is 17.7 Å². The van der Waals surface area contributed by atoms with Crippen molar-refractivity contribution in [3.8, 4) is 11.3 Å². The molecule has 1 aliphatic rings. The first kappa shape index (κ1) is 16.7. The molecule has 4 aromatic rings. The second-order valence-electron chi connectivity index (χ2n) is 7.14. The number of benzene rings is 1. The monoisotopic (exact) mass is 371 g/mol. The van der Waals surface area contributed by atoms with Crippen LogP contribution in [0.5, 0.6) is 0 Å². The van der Waals surface area contributed by atoms with Crippen LogP contribution in [0.25, 0.3) is 22.3 Å². The standard InChI is InChI=1S/C21H21N7/c22-16-12-28(11-15(16)13-4-2-1-3-5-13)18-7-9-24-20-19(18)14(10-26-20)17-6-8-25-21(23)27-17/h1-10,15-16H,11-12,22H2,(H,24,26)(H2,23,25,27). The Hall–Kier alpha value is -3.45. The first-order chi connectivity index (χ1) is 13.7. The number of nitrogens with two attached hydrogens (primary N) is 2. The Bertz CT molecular complexity index is 1120. The number of anilines is 2. The second-order valence-corrected chi connectivity index (χ2v) is 7.14. The summed E-state index contributed by atoms with van der Waals surface area (Å²) in [5, 5.41) is 1.03. The number of hydrogen-bond acceptors (Lipinski definition) is 6. The van der Waals surface area contributed by atoms with Crippen LogP contribution in [0.4, 0.5) is 11.6 Å². The van der Waals surface area contributed by atoms with Crippen molar-refractivity contribution in [2.24, 2.45) is 5.73 Å². The lowest BCUT2D eigenvalue weighted by molar-refractivity contribution is 0.653. The van der Waals surface area contributed by atoms with E-state index in [0.29, 0.717) is 5.92 Å². The highest BCUT2D eigenvalue weighted by atomic mass is 15.2. The molecule has 5 N–H and O–H groups in total. The number of fused-ring (bicyclic) bond motifs is 1. The lowest BCUT2D eigenvalue weighted by Gasteiger charge is -2.20. The molecule has 1 aliphatic heterocycles. The van der Waals surface area contributed by atoms with Crippen molar-refractivity contribution in [3.05, 3.63) is 66.6 Å². The van der Waals surface area contributed by atoms with Gasteiger partial charge in [0.05, 0.1) is 16.8 Å². The average Bonchev–Trinajstić information content (AvgIpc) is 3.32. The maximum Gasteiger partial charge on any atom is 0.220 e. The first-order valence-electron chi connectivity index (χ1n) is 9.31. The summed E-state index contributed by atoms with van der Waals surface area (Å²) in [7, 11) is 0. The summed E-state index contributed by atoms with van der Waals surface area (Å²) < 4.78 is 0. The Labute approximate surface area is 162 Å². The number of aromatic nitrogens is 4. The maximum atomic E-state index is 6.52. The zero-order valence-corrected chi connectivity index (χ0v) is 15.3. The molecule has 0 radical (unpaired) electrons. The van der Waals surface area contributed by atoms with Crippen molar-refractivity contribution in [1.82, 2.24) is 19.9 Å². The molecule has 1 saturated heterocycles. The molecule has 0 amide bonds. The van der Waals surface area contributed by atoms with Crippen LogP contribution in [-0.2, 0) is 0 Å². The van der Waals surface area contributed by atoms with Gasteiger partial charge in [0.25, 0.3) is 0 Å². The van der Waals surface area contributed by atoms with Gasteiger partial charge in [-0.15, -0.1) is 0 Å². The van der Waals surface area contributed by atoms with Crippen molar-refractivity contribution < 1.29 is 0 Å². The first-order valence-corrected chi connectivity index (χ1v) is 9.31. The summed E-state index contributed by atoms with van der Waals surface area (Å²) in [6.45, 7) is 1.65. The molecule has 140 valence electrons. The quantitative estimate of drug-likeness (QED) is 0.510. The molecule has 3 aromatic heterocycles. The highest BCUT2D eigenvalue weighted by molar-refractivity contribution is 6.02. The number of rotatable bonds is 3. The zero-order valence-electron chi connectivity index (χ0n) is 15.3. The van der Waals surface area contributed by atoms with Gasteiger partial charge in [-0.1, -0.05) is 30.3 Å². The number of aromatic amines is 1. The predicted molar refractivity (Wildman–Crippen MR) is 111 cm³/mol. The predicted octanol–water partition coefficient (Wildman–Crippen LogP) is 2.53. The minimum absolute atomic E-state index is 0.0719. The van der Waals surface area contributed by atoms with E-state index in [9.17, 15) is 0 Å². The number of nitrogens with zero attached hydrogens (tertiary/aromatic N) is 4. The van der Waals surface area contributed by atoms with E-state index in [0.717, 1.165) is 41.1 Å². The molecule has 5 rings (SSSR count). The van der Waals surface area contributed by atoms with E-state index < -0.39 is 0 Å². The molecule has 7 heteroatoms. The molecule has 28 heavy (non-hydrogen) atoms. The summed E-state index contributed by atoms with van der Waals surface area (Å²) in [6.07, 6.45) is 5.42. The van der Waals surface area contributed by atoms with Gasteiger partial charge < -0.3 is 21.4 Å². The molecule has 4 heterocycles. The fourth-order valence-corrected chi connectivity index (χ4v) is 4.11. The van der Waals surface area contributed by atoms with Crippen LogP contribution < -0.4 is 16.4 Å². The van der Waals surface area contributed by atoms with Crippen LogP contribution in [-0.4, -0.2) is 39.1 Å². The molecule has 2 atom stereocenters. The van der Waals surface area contributed by atoms with Crippen LogP contribution in [0.15, 0.2) is 61.1 Å². The second kappa shape index (κ2) is 6.61. The molecular weight excluding hydrogens is 350 g/mol. The molecule has 1 aromatic carbocycles. The topological polar surface area (TPSA) is 110 Å². The van der Waals surface area contributed by atoms with E-state index >= 15 is 0 Å². The SMILES string of the molecule is Nc1nccc(-c2c[nH]c3nccc(N4CC(N)C(c5ccccc5)C4)c23)n1. The van der Waals surface area contributed by atoms with Gasteiger partial charge in [0.2, 0.25) is 5.95 Å². The summed E-state index contributed by atoms with van der Waals surface area (Å²) in [4.78, 5) is 18.5. The molecule has 0 saturated carbocycles. The Morgan fingerprint density at radius 3 is 2.64 bits per heavy atom. The summed E-state index contributed by atoms with van der Waals surface area (Å²) in [6, 6.07) is 14.5. The number of H-pyrrole nitrogens is 1. The number of hydrogen-bond donors (Lipinski definition) is 3. The third kappa shape index (κ3) is 2.76. The van der Waals surface area contributed by atoms with E-state index in [-0.39, 0.29) is 12.0 Å². The van der Waals surface area contributed by atoms with Crippen LogP contribution in [0.1, 0.15) is 11.5 Å². The number of pyridine rings is 1. The van der Waals surface area contributed by atoms with E-state index in [1.807, 2.05) is 30.6 Å². The van der Waals surface area contributed by atoms with Crippen molar-refractivity contribution in [3.63, 3.8) is 0 Å². The molecule has 2 unspecified atom stereocenters. The summed E-state index contributed by atoms with van der Waals surface area (Å²) in [5.74, 6) is 0.547. The third-order valence-electron chi connectivity index (χ3n) is 5.44. The third-order valence-corrected chi connectivity index (χ3v) is 5.44. The smallest absolute Gasteiger partial charge is 0.220 e. The Morgan fingerprint density at radius 1 is 1.00 bits per heavy atom. The van der Waals surface area contributed by atoms with Crippen LogP contribution >= 0.6 is 0 Å². The highest BCUT2D eigenvalue weighted by Crippen LogP contribution is 2.37. The summed E-state index contributed by atoms with van der Waals surface area (Å²) in [5.41, 5.74) is 17.3. The van der Waals surface area contributed by atoms with Gasteiger partial charge >= 0.3 is 0 Å². The highest BCUT2D eigenvalue weighted by Gasteiger charge is 2.32. The fourth-order valence-electron chi connectivity index (χ4n) is 4.11. The Kier molecular flexibility index (Phi) is 3.95.